The van der Waals surface area contributed by atoms with E-state index in [1.165, 1.54) is 10.8 Å². The lowest BCUT2D eigenvalue weighted by Crippen LogP contribution is -2.35. The van der Waals surface area contributed by atoms with Crippen LogP contribution in [0.2, 0.25) is 0 Å². The fourth-order valence-electron chi connectivity index (χ4n) is 3.99. The molecule has 2 aliphatic heterocycles. The number of nitro groups is 1. The Labute approximate surface area is 185 Å². The molecule has 2 aromatic heterocycles. The van der Waals surface area contributed by atoms with Gasteiger partial charge >= 0.3 is 18.0 Å². The van der Waals surface area contributed by atoms with Crippen LogP contribution in [0.3, 0.4) is 0 Å². The van der Waals surface area contributed by atoms with Crippen LogP contribution in [-0.4, -0.2) is 43.3 Å². The van der Waals surface area contributed by atoms with Crippen LogP contribution in [0.15, 0.2) is 36.7 Å². The molecule has 2 aliphatic rings. The lowest BCUT2D eigenvalue weighted by Gasteiger charge is -2.30. The van der Waals surface area contributed by atoms with Gasteiger partial charge in [-0.05, 0) is 29.2 Å². The molecule has 1 atom stereocenters. The molecule has 0 bridgehead atoms. The number of aryl methyl sites for hydroxylation is 1. The average Bonchev–Trinajstić information content (AvgIpc) is 3.41. The second-order valence-electron chi connectivity index (χ2n) is 7.80. The number of ether oxygens (including phenoxy) is 2. The number of fused-ring (bicyclic) bond motifs is 2. The molecule has 5 rings (SSSR count). The predicted octanol–water partition coefficient (Wildman–Crippen LogP) is 3.26. The van der Waals surface area contributed by atoms with Crippen LogP contribution in [0.4, 0.5) is 24.7 Å². The van der Waals surface area contributed by atoms with E-state index in [1.54, 1.807) is 16.7 Å². The van der Waals surface area contributed by atoms with Crippen LogP contribution in [0.5, 0.6) is 11.8 Å². The minimum absolute atomic E-state index is 0.203. The van der Waals surface area contributed by atoms with Gasteiger partial charge in [-0.2, -0.15) is 13.2 Å². The minimum atomic E-state index is -4.41. The Morgan fingerprint density at radius 3 is 2.73 bits per heavy atom. The Morgan fingerprint density at radius 1 is 1.21 bits per heavy atom. The number of hydrogen-bond donors (Lipinski definition) is 0. The third kappa shape index (κ3) is 4.17. The van der Waals surface area contributed by atoms with E-state index >= 15 is 0 Å². The second-order valence-corrected chi connectivity index (χ2v) is 7.80. The maximum Gasteiger partial charge on any atom is 0.433 e. The van der Waals surface area contributed by atoms with Crippen LogP contribution in [0.25, 0.3) is 0 Å². The molecule has 4 heterocycles. The Hall–Kier alpha value is -3.77. The summed E-state index contributed by atoms with van der Waals surface area (Å²) in [6.07, 6.45) is -1.85. The Balaban J connectivity index is 1.18. The summed E-state index contributed by atoms with van der Waals surface area (Å²) >= 11 is 0. The molecule has 1 aromatic carbocycles. The molecule has 174 valence electrons. The lowest BCUT2D eigenvalue weighted by molar-refractivity contribution is -0.389. The van der Waals surface area contributed by atoms with E-state index < -0.39 is 16.8 Å². The number of anilines is 1. The van der Waals surface area contributed by atoms with Crippen molar-refractivity contribution in [3.8, 4) is 11.8 Å². The standard InChI is InChI=1S/C20H19F3N6O4/c21-20(22,23)16-9-24-17-10-26(7-8-28(16)17)13-1-3-14(4-2-13)32-12-15-5-6-27-11-18(29(30)31)25-19(27)33-15/h1-4,9,11,15H,5-8,10,12H2/t15-/m1/s1. The van der Waals surface area contributed by atoms with Crippen molar-refractivity contribution >= 4 is 11.5 Å². The van der Waals surface area contributed by atoms with Gasteiger partial charge in [0, 0.05) is 36.7 Å². The largest absolute Gasteiger partial charge is 0.490 e. The molecule has 0 radical (unpaired) electrons. The number of nitrogens with zero attached hydrogens (tertiary/aromatic N) is 6. The van der Waals surface area contributed by atoms with Gasteiger partial charge in [-0.1, -0.05) is 0 Å². The summed E-state index contributed by atoms with van der Waals surface area (Å²) in [5, 5.41) is 10.9. The summed E-state index contributed by atoms with van der Waals surface area (Å²) in [5.41, 5.74) is 0.135. The van der Waals surface area contributed by atoms with Crippen molar-refractivity contribution in [3.63, 3.8) is 0 Å². The maximum atomic E-state index is 13.1. The van der Waals surface area contributed by atoms with Crippen molar-refractivity contribution in [1.29, 1.82) is 0 Å². The fourth-order valence-corrected chi connectivity index (χ4v) is 3.99. The number of halogens is 3. The zero-order valence-corrected chi connectivity index (χ0v) is 17.2. The summed E-state index contributed by atoms with van der Waals surface area (Å²) in [4.78, 5) is 20.1. The molecule has 0 amide bonds. The van der Waals surface area contributed by atoms with Crippen molar-refractivity contribution < 1.29 is 27.6 Å². The first-order valence-corrected chi connectivity index (χ1v) is 10.3. The van der Waals surface area contributed by atoms with E-state index in [0.717, 1.165) is 11.9 Å². The van der Waals surface area contributed by atoms with E-state index in [9.17, 15) is 23.3 Å². The zero-order valence-electron chi connectivity index (χ0n) is 17.2. The van der Waals surface area contributed by atoms with Crippen molar-refractivity contribution in [2.45, 2.75) is 38.3 Å². The molecule has 3 aromatic rings. The molecule has 0 saturated carbocycles. The normalized spacial score (nSPS) is 17.8. The van der Waals surface area contributed by atoms with Crippen LogP contribution in [0, 0.1) is 10.1 Å². The number of rotatable bonds is 5. The van der Waals surface area contributed by atoms with E-state index in [4.69, 9.17) is 9.47 Å². The molecule has 0 unspecified atom stereocenters. The van der Waals surface area contributed by atoms with Crippen molar-refractivity contribution in [2.75, 3.05) is 18.1 Å². The van der Waals surface area contributed by atoms with Crippen molar-refractivity contribution in [2.24, 2.45) is 0 Å². The molecule has 0 aliphatic carbocycles. The first-order valence-electron chi connectivity index (χ1n) is 10.3. The van der Waals surface area contributed by atoms with Crippen LogP contribution in [-0.2, 0) is 25.8 Å². The molecule has 0 spiro atoms. The third-order valence-electron chi connectivity index (χ3n) is 5.67. The maximum absolute atomic E-state index is 13.1. The number of benzene rings is 1. The Kier molecular flexibility index (Phi) is 5.10. The highest BCUT2D eigenvalue weighted by Gasteiger charge is 2.37. The molecule has 10 nitrogen and oxygen atoms in total. The van der Waals surface area contributed by atoms with Gasteiger partial charge in [0.15, 0.2) is 0 Å². The summed E-state index contributed by atoms with van der Waals surface area (Å²) in [6.45, 7) is 1.72. The Morgan fingerprint density at radius 2 is 2.00 bits per heavy atom. The van der Waals surface area contributed by atoms with Crippen LogP contribution in [0.1, 0.15) is 17.9 Å². The fraction of sp³-hybridized carbons (Fsp3) is 0.400. The minimum Gasteiger partial charge on any atom is -0.490 e. The van der Waals surface area contributed by atoms with Gasteiger partial charge in [0.2, 0.25) is 0 Å². The highest BCUT2D eigenvalue weighted by Crippen LogP contribution is 2.32. The van der Waals surface area contributed by atoms with Crippen LogP contribution >= 0.6 is 0 Å². The topological polar surface area (TPSA) is 100 Å². The number of alkyl halides is 3. The highest BCUT2D eigenvalue weighted by molar-refractivity contribution is 5.49. The molecule has 13 heteroatoms. The van der Waals surface area contributed by atoms with E-state index in [2.05, 4.69) is 9.97 Å². The van der Waals surface area contributed by atoms with Gasteiger partial charge in [0.25, 0.3) is 0 Å². The second kappa shape index (κ2) is 7.98. The summed E-state index contributed by atoms with van der Waals surface area (Å²) < 4.78 is 53.5. The van der Waals surface area contributed by atoms with Gasteiger partial charge in [-0.15, -0.1) is 0 Å². The SMILES string of the molecule is O=[N+]([O-])c1cn2c(n1)O[C@@H](COc1ccc(N3CCn4c(C(F)(F)F)cnc4C3)cc1)CC2. The number of imidazole rings is 2. The third-order valence-corrected chi connectivity index (χ3v) is 5.67. The van der Waals surface area contributed by atoms with E-state index in [-0.39, 0.29) is 37.6 Å². The van der Waals surface area contributed by atoms with E-state index in [1.807, 2.05) is 17.0 Å². The molecule has 33 heavy (non-hydrogen) atoms. The van der Waals surface area contributed by atoms with Crippen molar-refractivity contribution in [1.82, 2.24) is 19.1 Å². The lowest BCUT2D eigenvalue weighted by atomic mass is 10.2. The molecular formula is C20H19F3N6O4. The van der Waals surface area contributed by atoms with Crippen molar-refractivity contribution in [3.05, 3.63) is 58.3 Å². The number of aromatic nitrogens is 4. The monoisotopic (exact) mass is 464 g/mol. The smallest absolute Gasteiger partial charge is 0.433 e. The zero-order chi connectivity index (χ0) is 23.2. The molecule has 0 fully saturated rings. The van der Waals surface area contributed by atoms with Crippen LogP contribution < -0.4 is 14.4 Å². The van der Waals surface area contributed by atoms with Gasteiger partial charge < -0.3 is 29.1 Å². The molecule has 0 N–H and O–H groups in total. The molecule has 0 saturated heterocycles. The average molecular weight is 464 g/mol. The molecular weight excluding hydrogens is 445 g/mol. The summed E-state index contributed by atoms with van der Waals surface area (Å²) in [5.74, 6) is 0.735. The summed E-state index contributed by atoms with van der Waals surface area (Å²) in [6, 6.07) is 7.46. The Bertz CT molecular complexity index is 1170. The van der Waals surface area contributed by atoms with Gasteiger partial charge in [0.05, 0.1) is 12.7 Å². The highest BCUT2D eigenvalue weighted by atomic mass is 19.4. The van der Waals surface area contributed by atoms with Gasteiger partial charge in [-0.3, -0.25) is 4.57 Å². The summed E-state index contributed by atoms with van der Waals surface area (Å²) in [7, 11) is 0. The van der Waals surface area contributed by atoms with E-state index in [0.29, 0.717) is 31.1 Å². The predicted molar refractivity (Wildman–Crippen MR) is 108 cm³/mol. The van der Waals surface area contributed by atoms with Gasteiger partial charge in [-0.25, -0.2) is 4.98 Å². The van der Waals surface area contributed by atoms with Gasteiger partial charge in [0.1, 0.15) is 36.2 Å². The number of hydrogen-bond acceptors (Lipinski definition) is 7. The quantitative estimate of drug-likeness (QED) is 0.422. The first kappa shape index (κ1) is 21.1. The first-order chi connectivity index (χ1) is 15.8.